The first kappa shape index (κ1) is 14.2. The average molecular weight is 252 g/mol. The van der Waals surface area contributed by atoms with Gasteiger partial charge in [0.25, 0.3) is 5.91 Å². The van der Waals surface area contributed by atoms with Gasteiger partial charge in [-0.1, -0.05) is 6.92 Å². The third-order valence-electron chi connectivity index (χ3n) is 2.77. The number of rotatable bonds is 5. The molecule has 0 unspecified atom stereocenters. The van der Waals surface area contributed by atoms with Crippen LogP contribution in [-0.2, 0) is 11.8 Å². The summed E-state index contributed by atoms with van der Waals surface area (Å²) < 4.78 is 1.62. The highest BCUT2D eigenvalue weighted by Crippen LogP contribution is 2.05. The molecule has 0 fully saturated rings. The van der Waals surface area contributed by atoms with Gasteiger partial charge in [-0.05, 0) is 20.3 Å². The number of aromatic nitrogens is 2. The fourth-order valence-electron chi connectivity index (χ4n) is 1.46. The van der Waals surface area contributed by atoms with Crippen molar-refractivity contribution in [1.82, 2.24) is 20.4 Å². The molecule has 0 saturated heterocycles. The summed E-state index contributed by atoms with van der Waals surface area (Å²) in [5, 5.41) is 9.38. The number of nitrogens with zero attached hydrogens (tertiary/aromatic N) is 2. The fourth-order valence-corrected chi connectivity index (χ4v) is 1.46. The topological polar surface area (TPSA) is 76.0 Å². The molecule has 1 atom stereocenters. The highest BCUT2D eigenvalue weighted by atomic mass is 16.2. The summed E-state index contributed by atoms with van der Waals surface area (Å²) in [5.74, 6) is -0.452. The summed E-state index contributed by atoms with van der Waals surface area (Å²) in [6.45, 7) is 6.06. The minimum Gasteiger partial charge on any atom is -0.354 e. The molecule has 0 saturated carbocycles. The summed E-state index contributed by atoms with van der Waals surface area (Å²) in [4.78, 5) is 23.5. The van der Waals surface area contributed by atoms with Crippen molar-refractivity contribution in [3.8, 4) is 0 Å². The number of nitrogens with one attached hydrogen (secondary N) is 2. The second kappa shape index (κ2) is 6.18. The minimum atomic E-state index is -0.552. The maximum Gasteiger partial charge on any atom is 0.255 e. The SMILES string of the molecule is CCCNC(=O)[C@@H](C)NC(=O)c1cnn(C)c1C. The Bertz CT molecular complexity index is 439. The van der Waals surface area contributed by atoms with Crippen LogP contribution in [0.5, 0.6) is 0 Å². The van der Waals surface area contributed by atoms with Gasteiger partial charge < -0.3 is 10.6 Å². The predicted octanol–water partition coefficient (Wildman–Crippen LogP) is 0.373. The molecule has 6 nitrogen and oxygen atoms in total. The van der Waals surface area contributed by atoms with E-state index in [0.717, 1.165) is 12.1 Å². The van der Waals surface area contributed by atoms with Crippen LogP contribution in [0.1, 0.15) is 36.3 Å². The van der Waals surface area contributed by atoms with E-state index < -0.39 is 6.04 Å². The minimum absolute atomic E-state index is 0.174. The maximum atomic E-state index is 11.9. The van der Waals surface area contributed by atoms with Gasteiger partial charge in [0.05, 0.1) is 11.8 Å². The molecule has 0 aliphatic carbocycles. The van der Waals surface area contributed by atoms with Gasteiger partial charge >= 0.3 is 0 Å². The first-order chi connectivity index (χ1) is 8.47. The van der Waals surface area contributed by atoms with Crippen LogP contribution in [0.3, 0.4) is 0 Å². The Hall–Kier alpha value is -1.85. The molecule has 6 heteroatoms. The molecule has 18 heavy (non-hydrogen) atoms. The Balaban J connectivity index is 2.59. The molecule has 0 aliphatic rings. The fraction of sp³-hybridized carbons (Fsp3) is 0.583. The molecule has 2 N–H and O–H groups in total. The van der Waals surface area contributed by atoms with Crippen LogP contribution in [0.15, 0.2) is 6.20 Å². The quantitative estimate of drug-likeness (QED) is 0.795. The lowest BCUT2D eigenvalue weighted by Gasteiger charge is -2.13. The molecular weight excluding hydrogens is 232 g/mol. The lowest BCUT2D eigenvalue weighted by molar-refractivity contribution is -0.122. The van der Waals surface area contributed by atoms with Crippen molar-refractivity contribution in [1.29, 1.82) is 0 Å². The Morgan fingerprint density at radius 3 is 2.67 bits per heavy atom. The number of hydrogen-bond acceptors (Lipinski definition) is 3. The predicted molar refractivity (Wildman–Crippen MR) is 68.2 cm³/mol. The van der Waals surface area contributed by atoms with Crippen LogP contribution in [-0.4, -0.2) is 34.2 Å². The van der Waals surface area contributed by atoms with Gasteiger partial charge in [-0.2, -0.15) is 5.10 Å². The molecule has 1 aromatic rings. The summed E-state index contributed by atoms with van der Waals surface area (Å²) in [7, 11) is 1.77. The summed E-state index contributed by atoms with van der Waals surface area (Å²) in [5.41, 5.74) is 1.27. The van der Waals surface area contributed by atoms with Gasteiger partial charge in [0.15, 0.2) is 0 Å². The smallest absolute Gasteiger partial charge is 0.255 e. The first-order valence-electron chi connectivity index (χ1n) is 6.04. The Kier molecular flexibility index (Phi) is 4.88. The number of carbonyl (C=O) groups is 2. The molecule has 2 amide bonds. The van der Waals surface area contributed by atoms with Gasteiger partial charge in [-0.25, -0.2) is 0 Å². The second-order valence-corrected chi connectivity index (χ2v) is 4.25. The molecule has 100 valence electrons. The van der Waals surface area contributed by atoms with Crippen molar-refractivity contribution in [2.24, 2.45) is 7.05 Å². The normalized spacial score (nSPS) is 12.0. The standard InChI is InChI=1S/C12H20N4O2/c1-5-6-13-11(17)8(2)15-12(18)10-7-14-16(4)9(10)3/h7-8H,5-6H2,1-4H3,(H,13,17)(H,15,18)/t8-/m1/s1. The van der Waals surface area contributed by atoms with Crippen molar-refractivity contribution < 1.29 is 9.59 Å². The van der Waals surface area contributed by atoms with Gasteiger partial charge in [0.1, 0.15) is 6.04 Å². The summed E-state index contributed by atoms with van der Waals surface area (Å²) >= 11 is 0. The molecule has 0 bridgehead atoms. The van der Waals surface area contributed by atoms with E-state index in [9.17, 15) is 9.59 Å². The summed E-state index contributed by atoms with van der Waals surface area (Å²) in [6.07, 6.45) is 2.37. The lowest BCUT2D eigenvalue weighted by Crippen LogP contribution is -2.45. The largest absolute Gasteiger partial charge is 0.354 e. The number of aryl methyl sites for hydroxylation is 1. The van der Waals surface area contributed by atoms with Crippen LogP contribution in [0, 0.1) is 6.92 Å². The first-order valence-corrected chi connectivity index (χ1v) is 6.04. The zero-order valence-electron chi connectivity index (χ0n) is 11.3. The van der Waals surface area contributed by atoms with Crippen LogP contribution < -0.4 is 10.6 Å². The van der Waals surface area contributed by atoms with Crippen molar-refractivity contribution in [2.75, 3.05) is 6.54 Å². The highest BCUT2D eigenvalue weighted by Gasteiger charge is 2.18. The molecule has 0 aromatic carbocycles. The molecule has 0 aliphatic heterocycles. The third-order valence-corrected chi connectivity index (χ3v) is 2.77. The van der Waals surface area contributed by atoms with E-state index in [-0.39, 0.29) is 11.8 Å². The lowest BCUT2D eigenvalue weighted by atomic mass is 10.2. The average Bonchev–Trinajstić information content (AvgIpc) is 2.66. The Labute approximate surface area is 107 Å². The highest BCUT2D eigenvalue weighted by molar-refractivity contribution is 5.98. The molecule has 1 aromatic heterocycles. The van der Waals surface area contributed by atoms with Crippen molar-refractivity contribution in [3.05, 3.63) is 17.5 Å². The zero-order valence-corrected chi connectivity index (χ0v) is 11.3. The van der Waals surface area contributed by atoms with Crippen molar-refractivity contribution >= 4 is 11.8 Å². The van der Waals surface area contributed by atoms with E-state index in [1.165, 1.54) is 6.20 Å². The van der Waals surface area contributed by atoms with Gasteiger partial charge in [-0.15, -0.1) is 0 Å². The maximum absolute atomic E-state index is 11.9. The van der Waals surface area contributed by atoms with E-state index >= 15 is 0 Å². The van der Waals surface area contributed by atoms with Crippen LogP contribution >= 0.6 is 0 Å². The van der Waals surface area contributed by atoms with Gasteiger partial charge in [0.2, 0.25) is 5.91 Å². The third kappa shape index (κ3) is 3.32. The molecule has 0 spiro atoms. The van der Waals surface area contributed by atoms with E-state index in [1.807, 2.05) is 13.8 Å². The van der Waals surface area contributed by atoms with E-state index in [0.29, 0.717) is 12.1 Å². The molecule has 1 rings (SSSR count). The number of amides is 2. The van der Waals surface area contributed by atoms with E-state index in [1.54, 1.807) is 18.7 Å². The van der Waals surface area contributed by atoms with Crippen molar-refractivity contribution in [2.45, 2.75) is 33.2 Å². The number of carbonyl (C=O) groups excluding carboxylic acids is 2. The Morgan fingerprint density at radius 1 is 1.50 bits per heavy atom. The Morgan fingerprint density at radius 2 is 2.17 bits per heavy atom. The van der Waals surface area contributed by atoms with Crippen molar-refractivity contribution in [3.63, 3.8) is 0 Å². The number of hydrogen-bond donors (Lipinski definition) is 2. The molecular formula is C12H20N4O2. The zero-order chi connectivity index (χ0) is 13.7. The molecule has 1 heterocycles. The summed E-state index contributed by atoms with van der Waals surface area (Å²) in [6, 6.07) is -0.552. The van der Waals surface area contributed by atoms with Crippen LogP contribution in [0.4, 0.5) is 0 Å². The van der Waals surface area contributed by atoms with Crippen LogP contribution in [0.25, 0.3) is 0 Å². The van der Waals surface area contributed by atoms with E-state index in [2.05, 4.69) is 15.7 Å². The van der Waals surface area contributed by atoms with Gasteiger partial charge in [-0.3, -0.25) is 14.3 Å². The molecule has 0 radical (unpaired) electrons. The van der Waals surface area contributed by atoms with Gasteiger partial charge in [0, 0.05) is 19.3 Å². The second-order valence-electron chi connectivity index (χ2n) is 4.25. The van der Waals surface area contributed by atoms with E-state index in [4.69, 9.17) is 0 Å². The van der Waals surface area contributed by atoms with Crippen LogP contribution in [0.2, 0.25) is 0 Å². The monoisotopic (exact) mass is 252 g/mol.